The molecule has 0 saturated carbocycles. The van der Waals surface area contributed by atoms with E-state index >= 15 is 0 Å². The molecular formula is C19H22ClN3O4. The monoisotopic (exact) mass is 391 g/mol. The van der Waals surface area contributed by atoms with E-state index in [9.17, 15) is 14.4 Å². The summed E-state index contributed by atoms with van der Waals surface area (Å²) in [7, 11) is 0. The molecule has 1 heterocycles. The normalized spacial score (nSPS) is 11.7. The number of carbonyl (C=O) groups is 3. The van der Waals surface area contributed by atoms with Gasteiger partial charge in [-0.15, -0.1) is 0 Å². The maximum atomic E-state index is 12.4. The first kappa shape index (κ1) is 20.5. The lowest BCUT2D eigenvalue weighted by Gasteiger charge is -2.22. The summed E-state index contributed by atoms with van der Waals surface area (Å²) in [5, 5.41) is 8.36. The number of hydrogen-bond donors (Lipinski definition) is 3. The highest BCUT2D eigenvalue weighted by molar-refractivity contribution is 6.33. The number of benzene rings is 1. The summed E-state index contributed by atoms with van der Waals surface area (Å²) in [4.78, 5) is 36.6. The topological polar surface area (TPSA) is 100 Å². The van der Waals surface area contributed by atoms with E-state index in [1.807, 2.05) is 13.8 Å². The Morgan fingerprint density at radius 2 is 1.70 bits per heavy atom. The second-order valence-corrected chi connectivity index (χ2v) is 6.61. The minimum Gasteiger partial charge on any atom is -0.459 e. The molecule has 144 valence electrons. The van der Waals surface area contributed by atoms with Gasteiger partial charge in [0.15, 0.2) is 5.76 Å². The summed E-state index contributed by atoms with van der Waals surface area (Å²) in [5.74, 6) is -1.04. The number of hydrogen-bond acceptors (Lipinski definition) is 4. The highest BCUT2D eigenvalue weighted by atomic mass is 35.5. The van der Waals surface area contributed by atoms with Crippen molar-refractivity contribution in [3.63, 3.8) is 0 Å². The third-order valence-electron chi connectivity index (χ3n) is 3.81. The second-order valence-electron chi connectivity index (χ2n) is 6.20. The van der Waals surface area contributed by atoms with Crippen LogP contribution in [0, 0.1) is 5.92 Å². The third kappa shape index (κ3) is 5.86. The molecule has 1 unspecified atom stereocenters. The molecule has 0 spiro atoms. The summed E-state index contributed by atoms with van der Waals surface area (Å²) in [6.07, 6.45) is 1.41. The Labute approximate surface area is 162 Å². The van der Waals surface area contributed by atoms with Gasteiger partial charge in [-0.05, 0) is 30.2 Å². The van der Waals surface area contributed by atoms with Crippen molar-refractivity contribution in [1.29, 1.82) is 0 Å². The summed E-state index contributed by atoms with van der Waals surface area (Å²) in [6.45, 7) is 4.11. The van der Waals surface area contributed by atoms with Crippen LogP contribution in [0.25, 0.3) is 0 Å². The summed E-state index contributed by atoms with van der Waals surface area (Å²) in [5.41, 5.74) is 0.309. The molecule has 0 aliphatic carbocycles. The standard InChI is InChI=1S/C19H22ClN3O4/c1-12(2)16(23-17(24)13-6-3-4-7-14(13)20)19(26)22-10-9-21-18(25)15-8-5-11-27-15/h3-8,11-12,16H,9-10H2,1-2H3,(H,21,25)(H,22,26)(H,23,24). The summed E-state index contributed by atoms with van der Waals surface area (Å²) < 4.78 is 4.98. The van der Waals surface area contributed by atoms with Crippen LogP contribution in [0.4, 0.5) is 0 Å². The van der Waals surface area contributed by atoms with Gasteiger partial charge < -0.3 is 20.4 Å². The molecule has 2 rings (SSSR count). The van der Waals surface area contributed by atoms with Crippen LogP contribution in [0.3, 0.4) is 0 Å². The average Bonchev–Trinajstić information content (AvgIpc) is 3.17. The maximum absolute atomic E-state index is 12.4. The molecule has 0 bridgehead atoms. The van der Waals surface area contributed by atoms with E-state index in [-0.39, 0.29) is 36.6 Å². The zero-order chi connectivity index (χ0) is 19.8. The van der Waals surface area contributed by atoms with E-state index in [2.05, 4.69) is 16.0 Å². The van der Waals surface area contributed by atoms with E-state index in [0.29, 0.717) is 10.6 Å². The number of halogens is 1. The Morgan fingerprint density at radius 1 is 1.00 bits per heavy atom. The minimum absolute atomic E-state index is 0.130. The van der Waals surface area contributed by atoms with Gasteiger partial charge >= 0.3 is 0 Å². The minimum atomic E-state index is -0.727. The zero-order valence-electron chi connectivity index (χ0n) is 15.1. The molecule has 0 saturated heterocycles. The lowest BCUT2D eigenvalue weighted by Crippen LogP contribution is -2.50. The van der Waals surface area contributed by atoms with Crippen LogP contribution in [-0.4, -0.2) is 36.9 Å². The summed E-state index contributed by atoms with van der Waals surface area (Å²) in [6, 6.07) is 9.07. The van der Waals surface area contributed by atoms with E-state index in [1.54, 1.807) is 36.4 Å². The molecule has 8 heteroatoms. The van der Waals surface area contributed by atoms with Crippen LogP contribution >= 0.6 is 11.6 Å². The molecule has 0 radical (unpaired) electrons. The van der Waals surface area contributed by atoms with Crippen molar-refractivity contribution in [2.45, 2.75) is 19.9 Å². The number of nitrogens with one attached hydrogen (secondary N) is 3. The van der Waals surface area contributed by atoms with Crippen molar-refractivity contribution in [3.05, 3.63) is 59.0 Å². The van der Waals surface area contributed by atoms with Crippen LogP contribution in [0.5, 0.6) is 0 Å². The smallest absolute Gasteiger partial charge is 0.287 e. The van der Waals surface area contributed by atoms with Crippen LogP contribution in [0.15, 0.2) is 47.1 Å². The molecule has 1 aromatic carbocycles. The van der Waals surface area contributed by atoms with Gasteiger partial charge in [-0.25, -0.2) is 0 Å². The fraction of sp³-hybridized carbons (Fsp3) is 0.316. The first-order valence-corrected chi connectivity index (χ1v) is 8.92. The van der Waals surface area contributed by atoms with Crippen molar-refractivity contribution in [3.8, 4) is 0 Å². The first-order valence-electron chi connectivity index (χ1n) is 8.55. The van der Waals surface area contributed by atoms with Gasteiger partial charge in [0.1, 0.15) is 6.04 Å². The van der Waals surface area contributed by atoms with Crippen LogP contribution < -0.4 is 16.0 Å². The van der Waals surface area contributed by atoms with Crippen molar-refractivity contribution < 1.29 is 18.8 Å². The predicted octanol–water partition coefficient (Wildman–Crippen LogP) is 2.23. The maximum Gasteiger partial charge on any atom is 0.287 e. The van der Waals surface area contributed by atoms with Gasteiger partial charge in [0.25, 0.3) is 11.8 Å². The van der Waals surface area contributed by atoms with E-state index in [0.717, 1.165) is 0 Å². The highest BCUT2D eigenvalue weighted by Crippen LogP contribution is 2.15. The molecule has 0 aliphatic heterocycles. The molecule has 0 aliphatic rings. The molecule has 27 heavy (non-hydrogen) atoms. The summed E-state index contributed by atoms with van der Waals surface area (Å²) >= 11 is 6.03. The lowest BCUT2D eigenvalue weighted by molar-refractivity contribution is -0.123. The van der Waals surface area contributed by atoms with E-state index in [4.69, 9.17) is 16.0 Å². The highest BCUT2D eigenvalue weighted by Gasteiger charge is 2.25. The molecule has 0 fully saturated rings. The fourth-order valence-electron chi connectivity index (χ4n) is 2.37. The van der Waals surface area contributed by atoms with E-state index < -0.39 is 11.9 Å². The lowest BCUT2D eigenvalue weighted by atomic mass is 10.0. The SMILES string of the molecule is CC(C)C(NC(=O)c1ccccc1Cl)C(=O)NCCNC(=O)c1ccco1. The Balaban J connectivity index is 1.84. The van der Waals surface area contributed by atoms with Crippen LogP contribution in [0.2, 0.25) is 5.02 Å². The molecule has 1 atom stereocenters. The van der Waals surface area contributed by atoms with Crippen molar-refractivity contribution in [1.82, 2.24) is 16.0 Å². The predicted molar refractivity (Wildman–Crippen MR) is 102 cm³/mol. The quantitative estimate of drug-likeness (QED) is 0.601. The molecule has 2 aromatic rings. The van der Waals surface area contributed by atoms with Crippen LogP contribution in [0.1, 0.15) is 34.8 Å². The van der Waals surface area contributed by atoms with Crippen molar-refractivity contribution in [2.24, 2.45) is 5.92 Å². The molecule has 7 nitrogen and oxygen atoms in total. The first-order chi connectivity index (χ1) is 12.9. The second kappa shape index (κ2) is 9.78. The Hall–Kier alpha value is -2.80. The largest absolute Gasteiger partial charge is 0.459 e. The number of carbonyl (C=O) groups excluding carboxylic acids is 3. The van der Waals surface area contributed by atoms with Gasteiger partial charge in [0, 0.05) is 13.1 Å². The van der Waals surface area contributed by atoms with E-state index in [1.165, 1.54) is 6.26 Å². The Kier molecular flexibility index (Phi) is 7.43. The van der Waals surface area contributed by atoms with Gasteiger partial charge in [0.2, 0.25) is 5.91 Å². The van der Waals surface area contributed by atoms with Gasteiger partial charge in [-0.1, -0.05) is 37.6 Å². The molecule has 3 N–H and O–H groups in total. The van der Waals surface area contributed by atoms with Crippen LogP contribution in [-0.2, 0) is 4.79 Å². The average molecular weight is 392 g/mol. The van der Waals surface area contributed by atoms with Gasteiger partial charge in [0.05, 0.1) is 16.8 Å². The fourth-order valence-corrected chi connectivity index (χ4v) is 2.59. The zero-order valence-corrected chi connectivity index (χ0v) is 15.9. The number of amides is 3. The molecule has 3 amide bonds. The molecule has 1 aromatic heterocycles. The van der Waals surface area contributed by atoms with Crippen molar-refractivity contribution in [2.75, 3.05) is 13.1 Å². The Bertz CT molecular complexity index is 790. The number of furan rings is 1. The molecular weight excluding hydrogens is 370 g/mol. The third-order valence-corrected chi connectivity index (χ3v) is 4.14. The van der Waals surface area contributed by atoms with Gasteiger partial charge in [-0.3, -0.25) is 14.4 Å². The van der Waals surface area contributed by atoms with Gasteiger partial charge in [-0.2, -0.15) is 0 Å². The number of rotatable bonds is 8. The van der Waals surface area contributed by atoms with Crippen molar-refractivity contribution >= 4 is 29.3 Å². The Morgan fingerprint density at radius 3 is 2.33 bits per heavy atom.